The molecule has 15 heavy (non-hydrogen) atoms. The zero-order valence-electron chi connectivity index (χ0n) is 9.58. The smallest absolute Gasteiger partial charge is 0.138 e. The average molecular weight is 229 g/mol. The highest BCUT2D eigenvalue weighted by Gasteiger charge is 2.06. The molecule has 84 valence electrons. The summed E-state index contributed by atoms with van der Waals surface area (Å²) in [5.41, 5.74) is 0. The summed E-state index contributed by atoms with van der Waals surface area (Å²) in [7, 11) is 0. The fourth-order valence-electron chi connectivity index (χ4n) is 1.18. The monoisotopic (exact) mass is 228 g/mol. The van der Waals surface area contributed by atoms with Gasteiger partial charge in [0.2, 0.25) is 0 Å². The van der Waals surface area contributed by atoms with Crippen molar-refractivity contribution in [3.05, 3.63) is 23.2 Å². The summed E-state index contributed by atoms with van der Waals surface area (Å²) in [5, 5.41) is 0.585. The molecule has 0 saturated carbocycles. The lowest BCUT2D eigenvalue weighted by Gasteiger charge is -2.14. The second-order valence-corrected chi connectivity index (χ2v) is 4.33. The fraction of sp³-hybridized carbons (Fsp3) is 0.500. The van der Waals surface area contributed by atoms with Crippen LogP contribution in [0.1, 0.15) is 27.7 Å². The van der Waals surface area contributed by atoms with Crippen molar-refractivity contribution in [3.63, 3.8) is 0 Å². The Morgan fingerprint density at radius 1 is 1.00 bits per heavy atom. The number of ether oxygens (including phenoxy) is 2. The van der Waals surface area contributed by atoms with Crippen molar-refractivity contribution in [2.75, 3.05) is 0 Å². The number of halogens is 1. The van der Waals surface area contributed by atoms with Crippen LogP contribution in [-0.2, 0) is 0 Å². The van der Waals surface area contributed by atoms with Crippen molar-refractivity contribution in [1.82, 2.24) is 0 Å². The van der Waals surface area contributed by atoms with E-state index in [0.717, 1.165) is 5.75 Å². The zero-order valence-corrected chi connectivity index (χ0v) is 10.3. The van der Waals surface area contributed by atoms with E-state index in [-0.39, 0.29) is 12.2 Å². The van der Waals surface area contributed by atoms with Gasteiger partial charge < -0.3 is 9.47 Å². The van der Waals surface area contributed by atoms with Crippen LogP contribution in [0.3, 0.4) is 0 Å². The lowest BCUT2D eigenvalue weighted by Crippen LogP contribution is -2.07. The Balaban J connectivity index is 2.78. The highest BCUT2D eigenvalue weighted by Crippen LogP contribution is 2.29. The predicted octanol–water partition coefficient (Wildman–Crippen LogP) is 3.91. The first-order valence-electron chi connectivity index (χ1n) is 5.12. The van der Waals surface area contributed by atoms with Crippen molar-refractivity contribution in [1.29, 1.82) is 0 Å². The molecule has 0 aliphatic rings. The lowest BCUT2D eigenvalue weighted by molar-refractivity contribution is 0.235. The largest absolute Gasteiger partial charge is 0.491 e. The predicted molar refractivity (Wildman–Crippen MR) is 63.0 cm³/mol. The molecule has 0 amide bonds. The van der Waals surface area contributed by atoms with Crippen LogP contribution >= 0.6 is 11.6 Å². The highest BCUT2D eigenvalue weighted by molar-refractivity contribution is 6.32. The van der Waals surface area contributed by atoms with E-state index in [2.05, 4.69) is 0 Å². The highest BCUT2D eigenvalue weighted by atomic mass is 35.5. The van der Waals surface area contributed by atoms with Gasteiger partial charge in [0.25, 0.3) is 0 Å². The Hall–Kier alpha value is -0.890. The van der Waals surface area contributed by atoms with Gasteiger partial charge in [0.1, 0.15) is 11.5 Å². The van der Waals surface area contributed by atoms with Gasteiger partial charge in [-0.25, -0.2) is 0 Å². The molecule has 0 bridgehead atoms. The SMILES string of the molecule is CC(C)Oc1ccc(OC(C)C)c(Cl)c1. The Bertz CT molecular complexity index is 321. The third-order valence-corrected chi connectivity index (χ3v) is 1.93. The van der Waals surface area contributed by atoms with Gasteiger partial charge in [0.05, 0.1) is 17.2 Å². The van der Waals surface area contributed by atoms with Gasteiger partial charge in [-0.3, -0.25) is 0 Å². The summed E-state index contributed by atoms with van der Waals surface area (Å²) in [6.07, 6.45) is 0.275. The Morgan fingerprint density at radius 2 is 1.60 bits per heavy atom. The van der Waals surface area contributed by atoms with E-state index in [1.54, 1.807) is 6.07 Å². The number of hydrogen-bond donors (Lipinski definition) is 0. The van der Waals surface area contributed by atoms with Crippen LogP contribution in [0, 0.1) is 0 Å². The van der Waals surface area contributed by atoms with Gasteiger partial charge in [-0.05, 0) is 39.8 Å². The zero-order chi connectivity index (χ0) is 11.4. The number of rotatable bonds is 4. The van der Waals surface area contributed by atoms with Gasteiger partial charge in [-0.15, -0.1) is 0 Å². The molecular weight excluding hydrogens is 212 g/mol. The minimum Gasteiger partial charge on any atom is -0.491 e. The Labute approximate surface area is 96.2 Å². The summed E-state index contributed by atoms with van der Waals surface area (Å²) in [6, 6.07) is 5.48. The van der Waals surface area contributed by atoms with Crippen LogP contribution in [0.5, 0.6) is 11.5 Å². The van der Waals surface area contributed by atoms with Crippen molar-refractivity contribution in [2.24, 2.45) is 0 Å². The molecule has 0 aliphatic carbocycles. The molecule has 0 fully saturated rings. The molecule has 0 aliphatic heterocycles. The van der Waals surface area contributed by atoms with E-state index in [1.807, 2.05) is 39.8 Å². The number of hydrogen-bond acceptors (Lipinski definition) is 2. The minimum atomic E-state index is 0.124. The first kappa shape index (κ1) is 12.2. The molecule has 0 saturated heterocycles. The normalized spacial score (nSPS) is 10.9. The first-order valence-corrected chi connectivity index (χ1v) is 5.49. The van der Waals surface area contributed by atoms with Crippen LogP contribution in [0.2, 0.25) is 5.02 Å². The quantitative estimate of drug-likeness (QED) is 0.778. The molecule has 0 N–H and O–H groups in total. The molecule has 0 radical (unpaired) electrons. The molecular formula is C12H17ClO2. The number of benzene rings is 1. The molecule has 0 heterocycles. The van der Waals surface area contributed by atoms with Gasteiger partial charge in [0.15, 0.2) is 0 Å². The first-order chi connectivity index (χ1) is 6.99. The third kappa shape index (κ3) is 4.00. The lowest BCUT2D eigenvalue weighted by atomic mass is 10.3. The van der Waals surface area contributed by atoms with Crippen molar-refractivity contribution in [3.8, 4) is 11.5 Å². The second kappa shape index (κ2) is 5.26. The van der Waals surface area contributed by atoms with Crippen molar-refractivity contribution in [2.45, 2.75) is 39.9 Å². The average Bonchev–Trinajstić information content (AvgIpc) is 2.08. The molecule has 3 heteroatoms. The maximum Gasteiger partial charge on any atom is 0.138 e. The molecule has 0 aromatic heterocycles. The van der Waals surface area contributed by atoms with Crippen molar-refractivity contribution >= 4 is 11.6 Å². The van der Waals surface area contributed by atoms with E-state index in [4.69, 9.17) is 21.1 Å². The molecule has 0 atom stereocenters. The molecule has 1 aromatic rings. The molecule has 2 nitrogen and oxygen atoms in total. The molecule has 0 unspecified atom stereocenters. The molecule has 0 spiro atoms. The summed E-state index contributed by atoms with van der Waals surface area (Å²) in [5.74, 6) is 1.47. The standard InChI is InChI=1S/C12H17ClO2/c1-8(2)14-10-5-6-12(11(13)7-10)15-9(3)4/h5-9H,1-4H3. The van der Waals surface area contributed by atoms with Crippen LogP contribution in [0.15, 0.2) is 18.2 Å². The van der Waals surface area contributed by atoms with E-state index in [0.29, 0.717) is 10.8 Å². The van der Waals surface area contributed by atoms with Crippen molar-refractivity contribution < 1.29 is 9.47 Å². The summed E-state index contributed by atoms with van der Waals surface area (Å²) >= 11 is 6.05. The van der Waals surface area contributed by atoms with Crippen LogP contribution in [0.4, 0.5) is 0 Å². The maximum absolute atomic E-state index is 6.05. The fourth-order valence-corrected chi connectivity index (χ4v) is 1.39. The van der Waals surface area contributed by atoms with Gasteiger partial charge >= 0.3 is 0 Å². The van der Waals surface area contributed by atoms with E-state index >= 15 is 0 Å². The molecule has 1 rings (SSSR count). The third-order valence-electron chi connectivity index (χ3n) is 1.64. The minimum absolute atomic E-state index is 0.124. The van der Waals surface area contributed by atoms with Gasteiger partial charge in [-0.2, -0.15) is 0 Å². The van der Waals surface area contributed by atoms with Crippen LogP contribution < -0.4 is 9.47 Å². The van der Waals surface area contributed by atoms with E-state index in [9.17, 15) is 0 Å². The van der Waals surface area contributed by atoms with E-state index < -0.39 is 0 Å². The summed E-state index contributed by atoms with van der Waals surface area (Å²) in [4.78, 5) is 0. The summed E-state index contributed by atoms with van der Waals surface area (Å²) in [6.45, 7) is 7.89. The van der Waals surface area contributed by atoms with Crippen LogP contribution in [-0.4, -0.2) is 12.2 Å². The van der Waals surface area contributed by atoms with E-state index in [1.165, 1.54) is 0 Å². The second-order valence-electron chi connectivity index (χ2n) is 3.93. The van der Waals surface area contributed by atoms with Gasteiger partial charge in [-0.1, -0.05) is 11.6 Å². The Kier molecular flexibility index (Phi) is 4.28. The maximum atomic E-state index is 6.05. The van der Waals surface area contributed by atoms with Crippen LogP contribution in [0.25, 0.3) is 0 Å². The van der Waals surface area contributed by atoms with Gasteiger partial charge in [0, 0.05) is 6.07 Å². The molecule has 1 aromatic carbocycles. The topological polar surface area (TPSA) is 18.5 Å². The summed E-state index contributed by atoms with van der Waals surface area (Å²) < 4.78 is 11.0. The Morgan fingerprint density at radius 3 is 2.07 bits per heavy atom.